The van der Waals surface area contributed by atoms with Crippen LogP contribution in [0.15, 0.2) is 29.7 Å². The van der Waals surface area contributed by atoms with Crippen LogP contribution < -0.4 is 4.57 Å². The first kappa shape index (κ1) is 15.7. The summed E-state index contributed by atoms with van der Waals surface area (Å²) in [4.78, 5) is 0. The van der Waals surface area contributed by atoms with E-state index in [0.717, 1.165) is 12.1 Å². The van der Waals surface area contributed by atoms with Gasteiger partial charge in [-0.3, -0.25) is 0 Å². The minimum atomic E-state index is 0.926. The fraction of sp³-hybridized carbons (Fsp3) is 0.625. The van der Waals surface area contributed by atoms with E-state index in [0.29, 0.717) is 0 Å². The molecule has 1 aromatic rings. The van der Waals surface area contributed by atoms with Gasteiger partial charge in [-0.2, -0.15) is 0 Å². The van der Waals surface area contributed by atoms with Gasteiger partial charge in [0.2, 0.25) is 0 Å². The lowest BCUT2D eigenvalue weighted by molar-refractivity contribution is -0.697. The Bertz CT molecular complexity index is 346. The summed E-state index contributed by atoms with van der Waals surface area (Å²) in [6.45, 7) is 3.33. The molecule has 0 amide bonds. The van der Waals surface area contributed by atoms with Crippen molar-refractivity contribution in [2.24, 2.45) is 5.16 Å². The van der Waals surface area contributed by atoms with E-state index in [1.807, 2.05) is 24.5 Å². The van der Waals surface area contributed by atoms with Crippen molar-refractivity contribution >= 4 is 6.21 Å². The zero-order chi connectivity index (χ0) is 13.8. The van der Waals surface area contributed by atoms with Gasteiger partial charge in [-0.1, -0.05) is 50.6 Å². The number of hydrogen-bond acceptors (Lipinski definition) is 2. The van der Waals surface area contributed by atoms with Crippen LogP contribution in [0.2, 0.25) is 0 Å². The standard InChI is InChI=1S/C16H26N2O/c1-2-3-4-5-6-7-8-9-12-18-13-10-16(11-14-18)15-17-19/h10-11,13-15H,2-9,12H2,1H3/p+1. The van der Waals surface area contributed by atoms with E-state index in [1.54, 1.807) is 0 Å². The van der Waals surface area contributed by atoms with E-state index >= 15 is 0 Å². The van der Waals surface area contributed by atoms with Crippen LogP contribution in [0.3, 0.4) is 0 Å². The molecule has 106 valence electrons. The van der Waals surface area contributed by atoms with E-state index in [2.05, 4.69) is 16.6 Å². The zero-order valence-corrected chi connectivity index (χ0v) is 12.1. The third-order valence-corrected chi connectivity index (χ3v) is 3.39. The summed E-state index contributed by atoms with van der Waals surface area (Å²) in [6, 6.07) is 3.93. The minimum absolute atomic E-state index is 0.926. The van der Waals surface area contributed by atoms with Gasteiger partial charge in [0.25, 0.3) is 0 Å². The summed E-state index contributed by atoms with van der Waals surface area (Å²) in [5, 5.41) is 11.4. The second kappa shape index (κ2) is 10.5. The van der Waals surface area contributed by atoms with Crippen molar-refractivity contribution in [1.29, 1.82) is 0 Å². The average molecular weight is 263 g/mol. The maximum atomic E-state index is 8.43. The van der Waals surface area contributed by atoms with Gasteiger partial charge in [0.05, 0.1) is 6.21 Å². The second-order valence-corrected chi connectivity index (χ2v) is 5.09. The van der Waals surface area contributed by atoms with Crippen LogP contribution in [-0.4, -0.2) is 11.4 Å². The van der Waals surface area contributed by atoms with Gasteiger partial charge >= 0.3 is 0 Å². The molecule has 0 aliphatic rings. The maximum Gasteiger partial charge on any atom is 0.169 e. The van der Waals surface area contributed by atoms with Gasteiger partial charge in [-0.25, -0.2) is 4.57 Å². The number of hydrogen-bond donors (Lipinski definition) is 1. The van der Waals surface area contributed by atoms with Crippen molar-refractivity contribution in [2.45, 2.75) is 64.8 Å². The van der Waals surface area contributed by atoms with Gasteiger partial charge in [0.15, 0.2) is 12.4 Å². The highest BCUT2D eigenvalue weighted by Crippen LogP contribution is 2.08. The molecule has 0 atom stereocenters. The van der Waals surface area contributed by atoms with Gasteiger partial charge < -0.3 is 5.21 Å². The Balaban J connectivity index is 2.06. The first-order valence-corrected chi connectivity index (χ1v) is 7.53. The monoisotopic (exact) mass is 263 g/mol. The predicted molar refractivity (Wildman–Crippen MR) is 78.6 cm³/mol. The molecule has 0 aromatic carbocycles. The molecule has 0 aliphatic carbocycles. The lowest BCUT2D eigenvalue weighted by atomic mass is 10.1. The Kier molecular flexibility index (Phi) is 8.69. The summed E-state index contributed by atoms with van der Waals surface area (Å²) in [5.41, 5.74) is 0.926. The van der Waals surface area contributed by atoms with Crippen molar-refractivity contribution in [3.05, 3.63) is 30.1 Å². The highest BCUT2D eigenvalue weighted by molar-refractivity contribution is 5.78. The molecule has 0 radical (unpaired) electrons. The van der Waals surface area contributed by atoms with Crippen LogP contribution >= 0.6 is 0 Å². The van der Waals surface area contributed by atoms with Gasteiger partial charge in [-0.15, -0.1) is 0 Å². The zero-order valence-electron chi connectivity index (χ0n) is 12.1. The molecular formula is C16H27N2O+. The van der Waals surface area contributed by atoms with E-state index in [9.17, 15) is 0 Å². The van der Waals surface area contributed by atoms with Crippen LogP contribution in [0, 0.1) is 0 Å². The Hall–Kier alpha value is -1.38. The summed E-state index contributed by atoms with van der Waals surface area (Å²) in [7, 11) is 0. The summed E-state index contributed by atoms with van der Waals surface area (Å²) in [6.07, 6.45) is 16.3. The molecule has 0 saturated heterocycles. The molecule has 0 aliphatic heterocycles. The van der Waals surface area contributed by atoms with Gasteiger partial charge in [-0.05, 0) is 6.42 Å². The molecular weight excluding hydrogens is 236 g/mol. The highest BCUT2D eigenvalue weighted by atomic mass is 16.4. The number of rotatable bonds is 10. The number of aromatic nitrogens is 1. The van der Waals surface area contributed by atoms with Crippen molar-refractivity contribution in [2.75, 3.05) is 0 Å². The van der Waals surface area contributed by atoms with Gasteiger partial charge in [0.1, 0.15) is 6.54 Å². The molecule has 0 saturated carbocycles. The Morgan fingerprint density at radius 2 is 1.58 bits per heavy atom. The number of aryl methyl sites for hydroxylation is 1. The smallest absolute Gasteiger partial charge is 0.169 e. The van der Waals surface area contributed by atoms with Crippen LogP contribution in [0.1, 0.15) is 63.9 Å². The van der Waals surface area contributed by atoms with Crippen molar-refractivity contribution in [1.82, 2.24) is 0 Å². The molecule has 19 heavy (non-hydrogen) atoms. The Morgan fingerprint density at radius 1 is 1.00 bits per heavy atom. The van der Waals surface area contributed by atoms with E-state index < -0.39 is 0 Å². The molecule has 3 nitrogen and oxygen atoms in total. The molecule has 0 fully saturated rings. The molecule has 1 heterocycles. The van der Waals surface area contributed by atoms with E-state index in [4.69, 9.17) is 5.21 Å². The fourth-order valence-electron chi connectivity index (χ4n) is 2.20. The quantitative estimate of drug-likeness (QED) is 0.224. The van der Waals surface area contributed by atoms with E-state index in [-0.39, 0.29) is 0 Å². The first-order valence-electron chi connectivity index (χ1n) is 7.53. The van der Waals surface area contributed by atoms with Crippen molar-refractivity contribution < 1.29 is 9.77 Å². The van der Waals surface area contributed by atoms with Crippen LogP contribution in [-0.2, 0) is 6.54 Å². The molecule has 0 unspecified atom stereocenters. The minimum Gasteiger partial charge on any atom is -0.411 e. The number of nitrogens with zero attached hydrogens (tertiary/aromatic N) is 2. The molecule has 1 aromatic heterocycles. The molecule has 1 N–H and O–H groups in total. The summed E-state index contributed by atoms with van der Waals surface area (Å²) in [5.74, 6) is 0. The molecule has 3 heteroatoms. The lowest BCUT2D eigenvalue weighted by Crippen LogP contribution is -2.32. The molecule has 0 spiro atoms. The normalized spacial score (nSPS) is 11.2. The number of pyridine rings is 1. The van der Waals surface area contributed by atoms with Crippen LogP contribution in [0.4, 0.5) is 0 Å². The Labute approximate surface area is 117 Å². The Morgan fingerprint density at radius 3 is 2.16 bits per heavy atom. The molecule has 0 bridgehead atoms. The topological polar surface area (TPSA) is 36.5 Å². The fourth-order valence-corrected chi connectivity index (χ4v) is 2.20. The number of oxime groups is 1. The van der Waals surface area contributed by atoms with Crippen LogP contribution in [0.25, 0.3) is 0 Å². The van der Waals surface area contributed by atoms with Gasteiger partial charge in [0, 0.05) is 24.1 Å². The average Bonchev–Trinajstić information content (AvgIpc) is 2.44. The largest absolute Gasteiger partial charge is 0.411 e. The van der Waals surface area contributed by atoms with Crippen molar-refractivity contribution in [3.8, 4) is 0 Å². The van der Waals surface area contributed by atoms with E-state index in [1.165, 1.54) is 57.6 Å². The third kappa shape index (κ3) is 7.60. The third-order valence-electron chi connectivity index (χ3n) is 3.39. The second-order valence-electron chi connectivity index (χ2n) is 5.09. The van der Waals surface area contributed by atoms with Crippen molar-refractivity contribution in [3.63, 3.8) is 0 Å². The van der Waals surface area contributed by atoms with Crippen LogP contribution in [0.5, 0.6) is 0 Å². The SMILES string of the molecule is CCCCCCCCCC[n+]1ccc(C=NO)cc1. The maximum absolute atomic E-state index is 8.43. The highest BCUT2D eigenvalue weighted by Gasteiger charge is 2.00. The lowest BCUT2D eigenvalue weighted by Gasteiger charge is -2.00. The number of unbranched alkanes of at least 4 members (excludes halogenated alkanes) is 7. The first-order chi connectivity index (χ1) is 9.36. The summed E-state index contributed by atoms with van der Waals surface area (Å²) >= 11 is 0. The molecule has 1 rings (SSSR count). The summed E-state index contributed by atoms with van der Waals surface area (Å²) < 4.78 is 2.19. The predicted octanol–water partition coefficient (Wildman–Crippen LogP) is 3.92.